The second-order valence-electron chi connectivity index (χ2n) is 4.13. The maximum atomic E-state index is 9.53. The third-order valence-corrected chi connectivity index (χ3v) is 3.06. The molecule has 0 aromatic rings. The Balaban J connectivity index is 3.73. The number of aliphatic hydroxyl groups is 3. The van der Waals surface area contributed by atoms with Gasteiger partial charge < -0.3 is 15.3 Å². The molecule has 4 atom stereocenters. The van der Waals surface area contributed by atoms with Crippen molar-refractivity contribution < 1.29 is 15.3 Å². The number of hydrogen-bond acceptors (Lipinski definition) is 4. The third-order valence-electron chi connectivity index (χ3n) is 2.78. The van der Waals surface area contributed by atoms with E-state index < -0.39 is 18.3 Å². The first kappa shape index (κ1) is 15.0. The molecule has 0 radical (unpaired) electrons. The van der Waals surface area contributed by atoms with Crippen molar-refractivity contribution in [2.24, 2.45) is 5.92 Å². The monoisotopic (exact) mass is 234 g/mol. The summed E-state index contributed by atoms with van der Waals surface area (Å²) in [6.07, 6.45) is 0.375. The maximum Gasteiger partial charge on any atom is 0.111 e. The third kappa shape index (κ3) is 6.20. The second kappa shape index (κ2) is 8.16. The van der Waals surface area contributed by atoms with Gasteiger partial charge in [0, 0.05) is 5.37 Å². The van der Waals surface area contributed by atoms with Gasteiger partial charge in [-0.05, 0) is 12.3 Å². The van der Waals surface area contributed by atoms with E-state index in [2.05, 4.69) is 26.1 Å². The van der Waals surface area contributed by atoms with Crippen LogP contribution in [0.25, 0.3) is 0 Å². The van der Waals surface area contributed by atoms with E-state index in [9.17, 15) is 15.3 Å². The molecule has 90 valence electrons. The van der Waals surface area contributed by atoms with Crippen LogP contribution >= 0.6 is 12.2 Å². The molecule has 0 saturated heterocycles. The highest BCUT2D eigenvalue weighted by atomic mass is 32.1. The van der Waals surface area contributed by atoms with Crippen molar-refractivity contribution in [2.45, 2.75) is 57.8 Å². The Kier molecular flexibility index (Phi) is 8.14. The van der Waals surface area contributed by atoms with Gasteiger partial charge >= 0.3 is 0 Å². The molecule has 0 aromatic heterocycles. The van der Waals surface area contributed by atoms with Crippen LogP contribution in [0.4, 0.5) is 0 Å². The summed E-state index contributed by atoms with van der Waals surface area (Å²) in [5.41, 5.74) is 0. The molecule has 0 aromatic carbocycles. The van der Waals surface area contributed by atoms with Crippen LogP contribution in [-0.2, 0) is 0 Å². The van der Waals surface area contributed by atoms with Gasteiger partial charge in [0.15, 0.2) is 0 Å². The zero-order chi connectivity index (χ0) is 11.8. The van der Waals surface area contributed by atoms with E-state index in [4.69, 9.17) is 0 Å². The molecule has 1 unspecified atom stereocenters. The smallest absolute Gasteiger partial charge is 0.111 e. The second-order valence-corrected chi connectivity index (χ2v) is 4.40. The molecule has 0 amide bonds. The topological polar surface area (TPSA) is 60.7 Å². The Bertz CT molecular complexity index is 175. The van der Waals surface area contributed by atoms with Crippen LogP contribution in [0.3, 0.4) is 0 Å². The molecular weight excluding hydrogens is 212 g/mol. The maximum absolute atomic E-state index is 9.53. The lowest BCUT2D eigenvalue weighted by Gasteiger charge is -2.20. The van der Waals surface area contributed by atoms with Crippen LogP contribution in [0.1, 0.15) is 39.5 Å². The minimum Gasteiger partial charge on any atom is -0.390 e. The molecule has 0 aliphatic carbocycles. The minimum atomic E-state index is -1.15. The first-order valence-corrected chi connectivity index (χ1v) is 5.99. The van der Waals surface area contributed by atoms with E-state index in [0.29, 0.717) is 12.3 Å². The first-order valence-electron chi connectivity index (χ1n) is 5.52. The van der Waals surface area contributed by atoms with Crippen molar-refractivity contribution in [1.82, 2.24) is 0 Å². The number of thiocarbonyl (C=S) groups is 1. The molecular formula is C11H22O3S. The molecule has 3 nitrogen and oxygen atoms in total. The lowest BCUT2D eigenvalue weighted by molar-refractivity contribution is -0.0363. The van der Waals surface area contributed by atoms with Gasteiger partial charge in [-0.2, -0.15) is 0 Å². The highest BCUT2D eigenvalue weighted by Crippen LogP contribution is 2.14. The normalized spacial score (nSPS) is 19.3. The Morgan fingerprint density at radius 3 is 2.27 bits per heavy atom. The summed E-state index contributed by atoms with van der Waals surface area (Å²) in [5, 5.41) is 29.2. The summed E-state index contributed by atoms with van der Waals surface area (Å²) in [4.78, 5) is 0. The molecule has 0 fully saturated rings. The van der Waals surface area contributed by atoms with E-state index in [1.807, 2.05) is 0 Å². The lowest BCUT2D eigenvalue weighted by atomic mass is 9.97. The SMILES string of the molecule is CCC(C)CCC[C@@H](O)[C@@H](O)[C@@H](O)C=S. The Hall–Kier alpha value is -0.0300. The predicted octanol–water partition coefficient (Wildman–Crippen LogP) is 1.29. The summed E-state index contributed by atoms with van der Waals surface area (Å²) in [6.45, 7) is 4.29. The average Bonchev–Trinajstić information content (AvgIpc) is 2.26. The van der Waals surface area contributed by atoms with Crippen molar-refractivity contribution in [3.63, 3.8) is 0 Å². The standard InChI is InChI=1S/C11H22O3S/c1-3-8(2)5-4-6-9(12)11(14)10(13)7-15/h7-14H,3-6H2,1-2H3/t8?,9-,10+,11-/m1/s1. The van der Waals surface area contributed by atoms with E-state index in [1.54, 1.807) is 0 Å². The van der Waals surface area contributed by atoms with E-state index >= 15 is 0 Å². The predicted molar refractivity (Wildman–Crippen MR) is 65.0 cm³/mol. The van der Waals surface area contributed by atoms with Gasteiger partial charge in [0.2, 0.25) is 0 Å². The molecule has 0 bridgehead atoms. The van der Waals surface area contributed by atoms with E-state index in [1.165, 1.54) is 0 Å². The fourth-order valence-electron chi connectivity index (χ4n) is 1.36. The summed E-state index contributed by atoms with van der Waals surface area (Å²) in [5.74, 6) is 0.643. The summed E-state index contributed by atoms with van der Waals surface area (Å²) >= 11 is 4.50. The number of aliphatic hydroxyl groups excluding tert-OH is 3. The van der Waals surface area contributed by atoms with E-state index in [-0.39, 0.29) is 0 Å². The van der Waals surface area contributed by atoms with Gasteiger partial charge in [-0.3, -0.25) is 0 Å². The molecule has 0 heterocycles. The van der Waals surface area contributed by atoms with Crippen LogP contribution in [-0.4, -0.2) is 39.0 Å². The Morgan fingerprint density at radius 2 is 1.80 bits per heavy atom. The molecule has 0 aliphatic heterocycles. The van der Waals surface area contributed by atoms with Crippen molar-refractivity contribution >= 4 is 17.6 Å². The van der Waals surface area contributed by atoms with Gasteiger partial charge in [0.1, 0.15) is 12.2 Å². The van der Waals surface area contributed by atoms with Gasteiger partial charge in [0.25, 0.3) is 0 Å². The lowest BCUT2D eigenvalue weighted by Crippen LogP contribution is -2.37. The molecule has 15 heavy (non-hydrogen) atoms. The number of hydrogen-bond donors (Lipinski definition) is 3. The van der Waals surface area contributed by atoms with Crippen molar-refractivity contribution in [3.05, 3.63) is 0 Å². The summed E-state index contributed by atoms with van der Waals surface area (Å²) < 4.78 is 0. The molecule has 3 N–H and O–H groups in total. The van der Waals surface area contributed by atoms with Crippen LogP contribution in [0.5, 0.6) is 0 Å². The van der Waals surface area contributed by atoms with Gasteiger partial charge in [0.05, 0.1) is 6.10 Å². The van der Waals surface area contributed by atoms with Gasteiger partial charge in [-0.15, -0.1) is 0 Å². The van der Waals surface area contributed by atoms with Crippen molar-refractivity contribution in [3.8, 4) is 0 Å². The molecule has 0 saturated carbocycles. The Morgan fingerprint density at radius 1 is 1.20 bits per heavy atom. The zero-order valence-corrected chi connectivity index (χ0v) is 10.3. The highest BCUT2D eigenvalue weighted by Gasteiger charge is 2.22. The summed E-state index contributed by atoms with van der Waals surface area (Å²) in [6, 6.07) is 0. The van der Waals surface area contributed by atoms with Crippen LogP contribution in [0.2, 0.25) is 0 Å². The quantitative estimate of drug-likeness (QED) is 0.554. The van der Waals surface area contributed by atoms with Crippen LogP contribution in [0.15, 0.2) is 0 Å². The molecule has 0 aliphatic rings. The number of rotatable bonds is 8. The zero-order valence-electron chi connectivity index (χ0n) is 9.47. The van der Waals surface area contributed by atoms with Crippen LogP contribution < -0.4 is 0 Å². The van der Waals surface area contributed by atoms with Crippen molar-refractivity contribution in [2.75, 3.05) is 0 Å². The molecule has 4 heteroatoms. The van der Waals surface area contributed by atoms with Crippen LogP contribution in [0, 0.1) is 5.92 Å². The highest BCUT2D eigenvalue weighted by molar-refractivity contribution is 7.79. The minimum absolute atomic E-state index is 0.506. The van der Waals surface area contributed by atoms with Gasteiger partial charge in [-0.25, -0.2) is 0 Å². The summed E-state index contributed by atoms with van der Waals surface area (Å²) in [7, 11) is 0. The van der Waals surface area contributed by atoms with Crippen molar-refractivity contribution in [1.29, 1.82) is 0 Å². The van der Waals surface area contributed by atoms with Gasteiger partial charge in [-0.1, -0.05) is 45.3 Å². The first-order chi connectivity index (χ1) is 7.02. The average molecular weight is 234 g/mol. The Labute approximate surface area is 97.1 Å². The van der Waals surface area contributed by atoms with E-state index in [0.717, 1.165) is 24.6 Å². The largest absolute Gasteiger partial charge is 0.390 e. The molecule has 0 rings (SSSR count). The fourth-order valence-corrected chi connectivity index (χ4v) is 1.52. The fraction of sp³-hybridized carbons (Fsp3) is 0.909. The molecule has 0 spiro atoms.